The van der Waals surface area contributed by atoms with Crippen molar-refractivity contribution in [2.24, 2.45) is 5.11 Å². The first kappa shape index (κ1) is 19.6. The molecule has 5 nitrogen and oxygen atoms in total. The van der Waals surface area contributed by atoms with Crippen LogP contribution in [0.2, 0.25) is 0 Å². The van der Waals surface area contributed by atoms with Gasteiger partial charge in [0, 0.05) is 11.6 Å². The highest BCUT2D eigenvalue weighted by molar-refractivity contribution is 5.66. The average Bonchev–Trinajstić information content (AvgIpc) is 3.05. The van der Waals surface area contributed by atoms with E-state index in [1.165, 1.54) is 41.1 Å². The molecule has 0 amide bonds. The molecule has 1 heterocycles. The number of nitrogens with one attached hydrogen (secondary N) is 1. The van der Waals surface area contributed by atoms with Crippen molar-refractivity contribution in [2.45, 2.75) is 12.8 Å². The number of hydrogen-bond donors (Lipinski definition) is 1. The van der Waals surface area contributed by atoms with Crippen LogP contribution in [0, 0.1) is 17.2 Å². The van der Waals surface area contributed by atoms with Gasteiger partial charge in [0.05, 0.1) is 18.0 Å². The molecule has 0 aliphatic heterocycles. The summed E-state index contributed by atoms with van der Waals surface area (Å²) in [6, 6.07) is 10.4. The van der Waals surface area contributed by atoms with Crippen LogP contribution in [0.1, 0.15) is 5.56 Å². The summed E-state index contributed by atoms with van der Waals surface area (Å²) in [7, 11) is 0. The van der Waals surface area contributed by atoms with Gasteiger partial charge in [-0.3, -0.25) is 0 Å². The molecule has 1 aromatic heterocycles. The average molecular weight is 396 g/mol. The van der Waals surface area contributed by atoms with Gasteiger partial charge >= 0.3 is 6.18 Å². The molecule has 0 bridgehead atoms. The van der Waals surface area contributed by atoms with Gasteiger partial charge < -0.3 is 4.74 Å². The highest BCUT2D eigenvalue weighted by atomic mass is 19.4. The van der Waals surface area contributed by atoms with Crippen molar-refractivity contribution < 1.29 is 26.7 Å². The standard InChI is InChI=1S/C18H13F5N4O/c19-13-1-3-15(4-2-13)27-16(8-17(25-24)26-27)12-5-11(6-14(20)7-12)9-28-10-18(21,22)23/h1-8,24H,9-10H2. The number of halogens is 5. The fourth-order valence-corrected chi connectivity index (χ4v) is 2.57. The second-order valence-corrected chi connectivity index (χ2v) is 5.84. The lowest BCUT2D eigenvalue weighted by molar-refractivity contribution is -0.176. The maximum Gasteiger partial charge on any atom is 0.411 e. The lowest BCUT2D eigenvalue weighted by Gasteiger charge is -2.11. The van der Waals surface area contributed by atoms with E-state index in [1.807, 2.05) is 0 Å². The molecule has 146 valence electrons. The van der Waals surface area contributed by atoms with Crippen LogP contribution >= 0.6 is 0 Å². The van der Waals surface area contributed by atoms with E-state index in [2.05, 4.69) is 14.9 Å². The Kier molecular flexibility index (Phi) is 5.50. The van der Waals surface area contributed by atoms with E-state index in [0.29, 0.717) is 11.4 Å². The van der Waals surface area contributed by atoms with Gasteiger partial charge in [0.1, 0.15) is 18.2 Å². The number of ether oxygens (including phenoxy) is 1. The van der Waals surface area contributed by atoms with Gasteiger partial charge in [-0.1, -0.05) is 0 Å². The van der Waals surface area contributed by atoms with Gasteiger partial charge in [-0.15, -0.1) is 10.2 Å². The smallest absolute Gasteiger partial charge is 0.367 e. The summed E-state index contributed by atoms with van der Waals surface area (Å²) < 4.78 is 69.8. The topological polar surface area (TPSA) is 63.3 Å². The van der Waals surface area contributed by atoms with Crippen molar-refractivity contribution in [1.29, 1.82) is 5.53 Å². The van der Waals surface area contributed by atoms with Gasteiger partial charge in [0.25, 0.3) is 0 Å². The van der Waals surface area contributed by atoms with E-state index >= 15 is 0 Å². The molecule has 1 N–H and O–H groups in total. The molecular formula is C18H13F5N4O. The highest BCUT2D eigenvalue weighted by Crippen LogP contribution is 2.29. The molecule has 3 rings (SSSR count). The summed E-state index contributed by atoms with van der Waals surface area (Å²) in [4.78, 5) is 0. The van der Waals surface area contributed by atoms with Crippen molar-refractivity contribution in [3.63, 3.8) is 0 Å². The number of benzene rings is 2. The van der Waals surface area contributed by atoms with Gasteiger partial charge in [-0.05, 0) is 48.0 Å². The third-order valence-corrected chi connectivity index (χ3v) is 3.67. The molecule has 0 atom stereocenters. The van der Waals surface area contributed by atoms with Crippen molar-refractivity contribution in [1.82, 2.24) is 9.78 Å². The molecule has 0 saturated carbocycles. The zero-order valence-electron chi connectivity index (χ0n) is 14.2. The summed E-state index contributed by atoms with van der Waals surface area (Å²) in [6.07, 6.45) is -4.48. The molecule has 0 unspecified atom stereocenters. The molecule has 0 saturated heterocycles. The molecule has 0 spiro atoms. The van der Waals surface area contributed by atoms with Crippen LogP contribution in [0.4, 0.5) is 27.8 Å². The Morgan fingerprint density at radius 2 is 1.71 bits per heavy atom. The second kappa shape index (κ2) is 7.85. The predicted molar refractivity (Wildman–Crippen MR) is 89.4 cm³/mol. The minimum absolute atomic E-state index is 0.0263. The molecule has 0 aliphatic rings. The largest absolute Gasteiger partial charge is 0.411 e. The number of alkyl halides is 3. The summed E-state index contributed by atoms with van der Waals surface area (Å²) in [6.45, 7) is -1.89. The second-order valence-electron chi connectivity index (χ2n) is 5.84. The Balaban J connectivity index is 1.97. The summed E-state index contributed by atoms with van der Waals surface area (Å²) in [5.41, 5.74) is 8.38. The van der Waals surface area contributed by atoms with Crippen molar-refractivity contribution in [3.05, 3.63) is 65.7 Å². The van der Waals surface area contributed by atoms with E-state index in [9.17, 15) is 22.0 Å². The molecule has 28 heavy (non-hydrogen) atoms. The summed E-state index contributed by atoms with van der Waals surface area (Å²) in [5, 5.41) is 7.34. The first-order valence-corrected chi connectivity index (χ1v) is 7.93. The molecule has 0 aliphatic carbocycles. The minimum Gasteiger partial charge on any atom is -0.367 e. The van der Waals surface area contributed by atoms with Gasteiger partial charge in [0.2, 0.25) is 0 Å². The quantitative estimate of drug-likeness (QED) is 0.438. The Morgan fingerprint density at radius 1 is 1.00 bits per heavy atom. The first-order valence-electron chi connectivity index (χ1n) is 7.93. The molecule has 3 aromatic rings. The summed E-state index contributed by atoms with van der Waals surface area (Å²) >= 11 is 0. The monoisotopic (exact) mass is 396 g/mol. The maximum atomic E-state index is 14.0. The van der Waals surface area contributed by atoms with Crippen molar-refractivity contribution in [3.8, 4) is 16.9 Å². The van der Waals surface area contributed by atoms with Crippen LogP contribution in [0.5, 0.6) is 0 Å². The van der Waals surface area contributed by atoms with Gasteiger partial charge in [-0.25, -0.2) is 19.0 Å². The lowest BCUT2D eigenvalue weighted by atomic mass is 10.1. The Bertz CT molecular complexity index is 983. The maximum absolute atomic E-state index is 14.0. The van der Waals surface area contributed by atoms with Crippen LogP contribution in [-0.4, -0.2) is 22.6 Å². The van der Waals surface area contributed by atoms with Crippen LogP contribution in [-0.2, 0) is 11.3 Å². The minimum atomic E-state index is -4.48. The molecule has 10 heteroatoms. The zero-order valence-corrected chi connectivity index (χ0v) is 14.2. The fraction of sp³-hybridized carbons (Fsp3) is 0.167. The Hall–Kier alpha value is -3.14. The third-order valence-electron chi connectivity index (χ3n) is 3.67. The summed E-state index contributed by atoms with van der Waals surface area (Å²) in [5.74, 6) is -1.12. The number of nitrogens with zero attached hydrogens (tertiary/aromatic N) is 3. The van der Waals surface area contributed by atoms with Crippen LogP contribution in [0.3, 0.4) is 0 Å². The Labute approximate surface area is 155 Å². The molecule has 0 fully saturated rings. The first-order chi connectivity index (χ1) is 13.2. The van der Waals surface area contributed by atoms with Crippen LogP contribution in [0.25, 0.3) is 16.9 Å². The van der Waals surface area contributed by atoms with Crippen molar-refractivity contribution in [2.75, 3.05) is 6.61 Å². The SMILES string of the molecule is N=Nc1cc(-c2cc(F)cc(COCC(F)(F)F)c2)n(-c2ccc(F)cc2)n1. The fourth-order valence-electron chi connectivity index (χ4n) is 2.57. The number of hydrogen-bond acceptors (Lipinski definition) is 4. The van der Waals surface area contributed by atoms with Gasteiger partial charge in [-0.2, -0.15) is 13.2 Å². The molecule has 0 radical (unpaired) electrons. The highest BCUT2D eigenvalue weighted by Gasteiger charge is 2.27. The van der Waals surface area contributed by atoms with E-state index in [4.69, 9.17) is 5.53 Å². The number of aromatic nitrogens is 2. The Morgan fingerprint density at radius 3 is 2.36 bits per heavy atom. The lowest BCUT2D eigenvalue weighted by Crippen LogP contribution is -2.16. The van der Waals surface area contributed by atoms with Gasteiger partial charge in [0.15, 0.2) is 5.82 Å². The van der Waals surface area contributed by atoms with E-state index in [0.717, 1.165) is 12.1 Å². The van der Waals surface area contributed by atoms with E-state index < -0.39 is 31.0 Å². The molecule has 2 aromatic carbocycles. The number of rotatable bonds is 6. The van der Waals surface area contributed by atoms with E-state index in [-0.39, 0.29) is 16.9 Å². The zero-order chi connectivity index (χ0) is 20.3. The van der Waals surface area contributed by atoms with Crippen molar-refractivity contribution >= 4 is 5.82 Å². The van der Waals surface area contributed by atoms with Crippen LogP contribution < -0.4 is 0 Å². The van der Waals surface area contributed by atoms with Crippen LogP contribution in [0.15, 0.2) is 53.6 Å². The normalized spacial score (nSPS) is 11.6. The van der Waals surface area contributed by atoms with E-state index in [1.54, 1.807) is 0 Å². The predicted octanol–water partition coefficient (Wildman–Crippen LogP) is 5.56. The molecular weight excluding hydrogens is 383 g/mol. The third kappa shape index (κ3) is 4.77.